The first-order valence-corrected chi connectivity index (χ1v) is 21.0. The lowest BCUT2D eigenvalue weighted by Crippen LogP contribution is -2.62. The van der Waals surface area contributed by atoms with Gasteiger partial charge < -0.3 is 25.2 Å². The molecule has 5 rings (SSSR count). The Bertz CT molecular complexity index is 1970. The van der Waals surface area contributed by atoms with Crippen molar-refractivity contribution in [3.8, 4) is 0 Å². The minimum absolute atomic E-state index is 0.114. The number of nitrogens with zero attached hydrogens (tertiary/aromatic N) is 3. The lowest BCUT2D eigenvalue weighted by molar-refractivity contribution is -0.206. The zero-order valence-corrected chi connectivity index (χ0v) is 36.0. The minimum atomic E-state index is -5.30. The molecule has 0 bridgehead atoms. The van der Waals surface area contributed by atoms with Crippen LogP contribution in [0.2, 0.25) is 0 Å². The van der Waals surface area contributed by atoms with Gasteiger partial charge in [0.2, 0.25) is 11.8 Å². The summed E-state index contributed by atoms with van der Waals surface area (Å²) in [5.74, 6) is -4.52. The molecule has 1 aliphatic heterocycles. The van der Waals surface area contributed by atoms with Crippen LogP contribution in [0, 0.1) is 5.92 Å². The second kappa shape index (κ2) is 20.3. The number of piperazine rings is 1. The molecule has 3 N–H and O–H groups in total. The first-order chi connectivity index (χ1) is 28.6. The zero-order chi connectivity index (χ0) is 44.5. The summed E-state index contributed by atoms with van der Waals surface area (Å²) in [6.07, 6.45) is -4.46. The highest BCUT2D eigenvalue weighted by Crippen LogP contribution is 2.32. The van der Waals surface area contributed by atoms with Gasteiger partial charge in [-0.15, -0.1) is 0 Å². The number of hydrogen-bond acceptors (Lipinski definition) is 10. The second-order valence-electron chi connectivity index (χ2n) is 18.1. The Balaban J connectivity index is 1.37. The summed E-state index contributed by atoms with van der Waals surface area (Å²) in [5.41, 5.74) is 2.87. The maximum absolute atomic E-state index is 14.2. The van der Waals surface area contributed by atoms with E-state index in [4.69, 9.17) is 9.47 Å². The van der Waals surface area contributed by atoms with Crippen LogP contribution in [-0.2, 0) is 54.5 Å². The summed E-state index contributed by atoms with van der Waals surface area (Å²) in [4.78, 5) is 61.5. The molecule has 2 heterocycles. The van der Waals surface area contributed by atoms with Gasteiger partial charge in [0.15, 0.2) is 0 Å². The Morgan fingerprint density at radius 1 is 0.934 bits per heavy atom. The fraction of sp³-hybridized carbons (Fsp3) is 0.543. The number of alkyl halides is 3. The van der Waals surface area contributed by atoms with E-state index >= 15 is 0 Å². The van der Waals surface area contributed by atoms with Crippen molar-refractivity contribution in [1.82, 2.24) is 25.4 Å². The molecule has 0 spiro atoms. The molecule has 5 atom stereocenters. The van der Waals surface area contributed by atoms with Crippen LogP contribution in [-0.4, -0.2) is 105 Å². The summed E-state index contributed by atoms with van der Waals surface area (Å²) in [5, 5.41) is 16.9. The number of pyridine rings is 1. The molecule has 1 saturated heterocycles. The molecule has 1 aromatic heterocycles. The molecule has 2 amide bonds. The first kappa shape index (κ1) is 47.2. The van der Waals surface area contributed by atoms with Crippen LogP contribution < -0.4 is 10.6 Å². The van der Waals surface area contributed by atoms with Crippen LogP contribution in [0.5, 0.6) is 0 Å². The number of hydrogen-bond donors (Lipinski definition) is 3. The molecular formula is C46H60F3N5O7. The monoisotopic (exact) mass is 851 g/mol. The number of carbonyl (C=O) groups excluding carboxylic acids is 4. The Hall–Kier alpha value is -4.86. The topological polar surface area (TPSA) is 150 Å². The van der Waals surface area contributed by atoms with Crippen LogP contribution in [0.4, 0.5) is 13.2 Å². The van der Waals surface area contributed by atoms with Crippen molar-refractivity contribution in [2.45, 2.75) is 128 Å². The highest BCUT2D eigenvalue weighted by Gasteiger charge is 2.44. The molecule has 12 nitrogen and oxygen atoms in total. The van der Waals surface area contributed by atoms with Crippen LogP contribution in [0.15, 0.2) is 72.9 Å². The molecule has 0 saturated carbocycles. The number of amides is 2. The van der Waals surface area contributed by atoms with E-state index in [0.717, 1.165) is 27.9 Å². The van der Waals surface area contributed by atoms with E-state index in [2.05, 4.69) is 20.5 Å². The largest absolute Gasteiger partial charge is 0.490 e. The van der Waals surface area contributed by atoms with E-state index in [0.29, 0.717) is 32.4 Å². The molecule has 61 heavy (non-hydrogen) atoms. The van der Waals surface area contributed by atoms with Crippen molar-refractivity contribution in [2.24, 2.45) is 5.92 Å². The van der Waals surface area contributed by atoms with Crippen LogP contribution in [0.1, 0.15) is 94.8 Å². The fourth-order valence-corrected chi connectivity index (χ4v) is 7.97. The van der Waals surface area contributed by atoms with Gasteiger partial charge in [0.1, 0.15) is 17.7 Å². The molecule has 0 radical (unpaired) electrons. The van der Waals surface area contributed by atoms with E-state index in [1.807, 2.05) is 77.9 Å². The number of ether oxygens (including phenoxy) is 2. The maximum Gasteiger partial charge on any atom is 0.490 e. The van der Waals surface area contributed by atoms with Crippen LogP contribution in [0.25, 0.3) is 0 Å². The maximum atomic E-state index is 14.2. The quantitative estimate of drug-likeness (QED) is 0.155. The lowest BCUT2D eigenvalue weighted by Gasteiger charge is -2.42. The number of nitrogens with one attached hydrogen (secondary N) is 2. The first-order valence-electron chi connectivity index (χ1n) is 21.0. The molecule has 2 aliphatic rings. The van der Waals surface area contributed by atoms with Gasteiger partial charge in [-0.25, -0.2) is 4.79 Å². The number of carbonyl (C=O) groups is 4. The van der Waals surface area contributed by atoms with Crippen molar-refractivity contribution < 1.29 is 46.9 Å². The summed E-state index contributed by atoms with van der Waals surface area (Å²) < 4.78 is 52.2. The molecule has 0 unspecified atom stereocenters. The van der Waals surface area contributed by atoms with Crippen LogP contribution >= 0.6 is 0 Å². The Morgan fingerprint density at radius 3 is 2.33 bits per heavy atom. The standard InChI is InChI=1S/C46H60F3N5O7/c1-44(2,3)52-42(58)37-29-53(28-36-31(18-13-21-50-36)17-12-20-39(56)61-45(4,5)6)22-23-54(37)27-34(60-43(59)46(47,48)49)25-33(24-30-14-8-7-9-15-30)41(57)51-40-35-19-11-10-16-32(35)26-38(40)55/h7-11,13-16,18-19,21,33-34,37-38,40,55H,12,17,20,22-29H2,1-6H3,(H,51,57)(H,52,58)/t33-,34+,37+,38-,40+/m1/s1. The molecule has 1 aliphatic carbocycles. The van der Waals surface area contributed by atoms with E-state index in [1.54, 1.807) is 41.4 Å². The minimum Gasteiger partial charge on any atom is -0.460 e. The second-order valence-corrected chi connectivity index (χ2v) is 18.1. The number of aromatic nitrogens is 1. The van der Waals surface area contributed by atoms with Gasteiger partial charge in [0, 0.05) is 63.2 Å². The normalized spacial score (nSPS) is 19.7. The van der Waals surface area contributed by atoms with Gasteiger partial charge in [0.25, 0.3) is 0 Å². The average molecular weight is 852 g/mol. The van der Waals surface area contributed by atoms with Gasteiger partial charge in [0.05, 0.1) is 17.8 Å². The molecule has 1 fully saturated rings. The number of aliphatic hydroxyl groups is 1. The Morgan fingerprint density at radius 2 is 1.64 bits per heavy atom. The molecule has 15 heteroatoms. The van der Waals surface area contributed by atoms with Gasteiger partial charge in [-0.1, -0.05) is 60.7 Å². The van der Waals surface area contributed by atoms with E-state index in [-0.39, 0.29) is 50.8 Å². The summed E-state index contributed by atoms with van der Waals surface area (Å²) in [7, 11) is 0. The van der Waals surface area contributed by atoms with Crippen molar-refractivity contribution in [1.29, 1.82) is 0 Å². The number of benzene rings is 2. The highest BCUT2D eigenvalue weighted by atomic mass is 19.4. The zero-order valence-electron chi connectivity index (χ0n) is 36.0. The Kier molecular flexibility index (Phi) is 15.7. The van der Waals surface area contributed by atoms with Gasteiger partial charge in [-0.2, -0.15) is 13.2 Å². The molecule has 332 valence electrons. The van der Waals surface area contributed by atoms with E-state index in [9.17, 15) is 37.5 Å². The number of aryl methyl sites for hydroxylation is 1. The van der Waals surface area contributed by atoms with Crippen molar-refractivity contribution in [3.63, 3.8) is 0 Å². The number of halogens is 3. The Labute approximate surface area is 356 Å². The smallest absolute Gasteiger partial charge is 0.460 e. The van der Waals surface area contributed by atoms with E-state index in [1.165, 1.54) is 0 Å². The van der Waals surface area contributed by atoms with Gasteiger partial charge >= 0.3 is 18.1 Å². The third-order valence-electron chi connectivity index (χ3n) is 10.7. The summed E-state index contributed by atoms with van der Waals surface area (Å²) in [6.45, 7) is 11.9. The molecule has 2 aromatic carbocycles. The van der Waals surface area contributed by atoms with Crippen molar-refractivity contribution in [2.75, 3.05) is 26.2 Å². The molecule has 3 aromatic rings. The predicted octanol–water partition coefficient (Wildman–Crippen LogP) is 5.64. The average Bonchev–Trinajstić information content (AvgIpc) is 3.48. The van der Waals surface area contributed by atoms with E-state index < -0.39 is 59.4 Å². The van der Waals surface area contributed by atoms with Gasteiger partial charge in [-0.05, 0) is 95.5 Å². The van der Waals surface area contributed by atoms with Gasteiger partial charge in [-0.3, -0.25) is 29.2 Å². The summed E-state index contributed by atoms with van der Waals surface area (Å²) in [6, 6.07) is 18.5. The number of rotatable bonds is 16. The predicted molar refractivity (Wildman–Crippen MR) is 223 cm³/mol. The number of esters is 2. The number of fused-ring (bicyclic) bond motifs is 1. The third kappa shape index (κ3) is 14.4. The SMILES string of the molecule is CC(C)(C)NC(=O)[C@@H]1CN(Cc2ncccc2CCCC(=O)OC(C)(C)C)CCN1C[C@H](C[C@@H](Cc1ccccc1)C(=O)N[C@H]1c2ccccc2C[C@H]1O)OC(=O)C(F)(F)F. The van der Waals surface area contributed by atoms with Crippen molar-refractivity contribution in [3.05, 3.63) is 101 Å². The molecular weight excluding hydrogens is 792 g/mol. The lowest BCUT2D eigenvalue weighted by atomic mass is 9.91. The number of aliphatic hydroxyl groups excluding tert-OH is 1. The summed E-state index contributed by atoms with van der Waals surface area (Å²) >= 11 is 0. The highest BCUT2D eigenvalue weighted by molar-refractivity contribution is 5.83. The van der Waals surface area contributed by atoms with Crippen LogP contribution in [0.3, 0.4) is 0 Å². The third-order valence-corrected chi connectivity index (χ3v) is 10.7. The van der Waals surface area contributed by atoms with Crippen molar-refractivity contribution >= 4 is 23.8 Å². The fourth-order valence-electron chi connectivity index (χ4n) is 7.97.